The number of carbonyl (C=O) groups excluding carboxylic acids is 1. The molecule has 21 heavy (non-hydrogen) atoms. The Morgan fingerprint density at radius 1 is 1.38 bits per heavy atom. The molecule has 0 radical (unpaired) electrons. The van der Waals surface area contributed by atoms with Crippen LogP contribution in [0.25, 0.3) is 11.0 Å². The first-order valence-corrected chi connectivity index (χ1v) is 7.79. The first-order chi connectivity index (χ1) is 9.88. The van der Waals surface area contributed by atoms with Crippen LogP contribution in [0, 0.1) is 0 Å². The molecule has 0 saturated heterocycles. The van der Waals surface area contributed by atoms with Crippen molar-refractivity contribution in [2.75, 3.05) is 0 Å². The number of alkyl halides is 1. The van der Waals surface area contributed by atoms with E-state index >= 15 is 0 Å². The van der Waals surface area contributed by atoms with Gasteiger partial charge in [-0.25, -0.2) is 4.98 Å². The largest absolute Gasteiger partial charge is 0.354 e. The molecule has 0 aliphatic carbocycles. The van der Waals surface area contributed by atoms with Crippen molar-refractivity contribution in [2.45, 2.75) is 45.2 Å². The van der Waals surface area contributed by atoms with Crippen LogP contribution < -0.4 is 5.32 Å². The number of amides is 1. The van der Waals surface area contributed by atoms with Crippen LogP contribution in [0.4, 0.5) is 0 Å². The van der Waals surface area contributed by atoms with E-state index in [-0.39, 0.29) is 17.3 Å². The van der Waals surface area contributed by atoms with Crippen LogP contribution in [-0.4, -0.2) is 21.5 Å². The van der Waals surface area contributed by atoms with Gasteiger partial charge in [0.15, 0.2) is 0 Å². The van der Waals surface area contributed by atoms with E-state index in [0.29, 0.717) is 18.0 Å². The zero-order chi connectivity index (χ0) is 15.6. The summed E-state index contributed by atoms with van der Waals surface area (Å²) in [6.45, 7) is 6.28. The molecule has 0 spiro atoms. The van der Waals surface area contributed by atoms with E-state index in [0.717, 1.165) is 16.9 Å². The van der Waals surface area contributed by atoms with Gasteiger partial charge in [-0.3, -0.25) is 4.79 Å². The molecule has 6 heteroatoms. The van der Waals surface area contributed by atoms with Gasteiger partial charge in [-0.15, -0.1) is 11.6 Å². The van der Waals surface area contributed by atoms with Crippen molar-refractivity contribution < 1.29 is 4.79 Å². The number of hydrogen-bond acceptors (Lipinski definition) is 2. The molecule has 114 valence electrons. The predicted octanol–water partition coefficient (Wildman–Crippen LogP) is 3.90. The van der Waals surface area contributed by atoms with Gasteiger partial charge in [0.2, 0.25) is 5.91 Å². The van der Waals surface area contributed by atoms with Gasteiger partial charge in [-0.05, 0) is 39.0 Å². The van der Waals surface area contributed by atoms with Gasteiger partial charge in [0.1, 0.15) is 5.82 Å². The molecule has 0 saturated carbocycles. The maximum Gasteiger partial charge on any atom is 0.221 e. The summed E-state index contributed by atoms with van der Waals surface area (Å²) in [7, 11) is 0. The monoisotopic (exact) mass is 327 g/mol. The van der Waals surface area contributed by atoms with E-state index in [9.17, 15) is 4.79 Å². The molecule has 2 rings (SSSR count). The van der Waals surface area contributed by atoms with Crippen LogP contribution in [0.1, 0.15) is 38.4 Å². The zero-order valence-electron chi connectivity index (χ0n) is 12.4. The summed E-state index contributed by atoms with van der Waals surface area (Å²) in [5.74, 6) is 0.772. The standard InChI is InChI=1S/C15H19Cl2N3O/c1-9(2)18-14(21)6-7-20-13-8-11(17)4-5-12(13)19-15(20)10(3)16/h4-5,8-10H,6-7H2,1-3H3,(H,18,21). The molecule has 1 atom stereocenters. The highest BCUT2D eigenvalue weighted by Crippen LogP contribution is 2.26. The fourth-order valence-corrected chi connectivity index (χ4v) is 2.59. The molecule has 1 unspecified atom stereocenters. The summed E-state index contributed by atoms with van der Waals surface area (Å²) in [5.41, 5.74) is 1.74. The molecular weight excluding hydrogens is 309 g/mol. The third-order valence-electron chi connectivity index (χ3n) is 3.11. The van der Waals surface area contributed by atoms with E-state index in [1.807, 2.05) is 37.5 Å². The average molecular weight is 328 g/mol. The molecule has 0 aliphatic rings. The Hall–Kier alpha value is -1.26. The van der Waals surface area contributed by atoms with E-state index in [1.54, 1.807) is 6.07 Å². The molecule has 4 nitrogen and oxygen atoms in total. The molecule has 1 aromatic carbocycles. The first kappa shape index (κ1) is 16.1. The molecule has 2 aromatic rings. The van der Waals surface area contributed by atoms with Gasteiger partial charge in [-0.2, -0.15) is 0 Å². The number of fused-ring (bicyclic) bond motifs is 1. The summed E-state index contributed by atoms with van der Waals surface area (Å²) in [6.07, 6.45) is 0.382. The second kappa shape index (κ2) is 6.67. The maximum absolute atomic E-state index is 11.8. The second-order valence-corrected chi connectivity index (χ2v) is 6.43. The quantitative estimate of drug-likeness (QED) is 0.846. The number of rotatable bonds is 5. The van der Waals surface area contributed by atoms with E-state index < -0.39 is 0 Å². The number of imidazole rings is 1. The molecule has 0 fully saturated rings. The maximum atomic E-state index is 11.8. The summed E-state index contributed by atoms with van der Waals surface area (Å²) in [6, 6.07) is 5.66. The Morgan fingerprint density at radius 2 is 2.10 bits per heavy atom. The lowest BCUT2D eigenvalue weighted by molar-refractivity contribution is -0.121. The lowest BCUT2D eigenvalue weighted by atomic mass is 10.3. The van der Waals surface area contributed by atoms with Gasteiger partial charge in [0.25, 0.3) is 0 Å². The lowest BCUT2D eigenvalue weighted by Gasteiger charge is -2.12. The minimum Gasteiger partial charge on any atom is -0.354 e. The van der Waals surface area contributed by atoms with Gasteiger partial charge in [0.05, 0.1) is 16.4 Å². The SMILES string of the molecule is CC(C)NC(=O)CCn1c(C(C)Cl)nc2ccc(Cl)cc21. The molecule has 0 bridgehead atoms. The van der Waals surface area contributed by atoms with Crippen molar-refractivity contribution in [3.05, 3.63) is 29.0 Å². The van der Waals surface area contributed by atoms with E-state index in [2.05, 4.69) is 10.3 Å². The Bertz CT molecular complexity index is 650. The number of nitrogens with one attached hydrogen (secondary N) is 1. The van der Waals surface area contributed by atoms with Gasteiger partial charge in [0, 0.05) is 24.0 Å². The molecular formula is C15H19Cl2N3O. The molecule has 1 heterocycles. The topological polar surface area (TPSA) is 46.9 Å². The number of nitrogens with zero attached hydrogens (tertiary/aromatic N) is 2. The van der Waals surface area contributed by atoms with Crippen LogP contribution in [-0.2, 0) is 11.3 Å². The number of aromatic nitrogens is 2. The van der Waals surface area contributed by atoms with E-state index in [1.165, 1.54) is 0 Å². The Kier molecular flexibility index (Phi) is 5.12. The Balaban J connectivity index is 2.30. The normalized spacial score (nSPS) is 12.9. The van der Waals surface area contributed by atoms with Gasteiger partial charge >= 0.3 is 0 Å². The molecule has 1 N–H and O–H groups in total. The van der Waals surface area contributed by atoms with Gasteiger partial charge < -0.3 is 9.88 Å². The van der Waals surface area contributed by atoms with Crippen LogP contribution in [0.5, 0.6) is 0 Å². The van der Waals surface area contributed by atoms with Gasteiger partial charge in [-0.1, -0.05) is 11.6 Å². The predicted molar refractivity (Wildman–Crippen MR) is 86.9 cm³/mol. The van der Waals surface area contributed by atoms with Crippen LogP contribution >= 0.6 is 23.2 Å². The second-order valence-electron chi connectivity index (χ2n) is 5.34. The molecule has 1 amide bonds. The number of aryl methyl sites for hydroxylation is 1. The van der Waals surface area contributed by atoms with Crippen LogP contribution in [0.2, 0.25) is 5.02 Å². The lowest BCUT2D eigenvalue weighted by Crippen LogP contribution is -2.30. The molecule has 1 aromatic heterocycles. The number of halogens is 2. The summed E-state index contributed by atoms with van der Waals surface area (Å²) in [4.78, 5) is 16.4. The Labute approximate surface area is 134 Å². The number of hydrogen-bond donors (Lipinski definition) is 1. The van der Waals surface area contributed by atoms with Crippen molar-refractivity contribution in [1.82, 2.24) is 14.9 Å². The van der Waals surface area contributed by atoms with E-state index in [4.69, 9.17) is 23.2 Å². The minimum absolute atomic E-state index is 0.0158. The van der Waals surface area contributed by atoms with Crippen molar-refractivity contribution in [3.8, 4) is 0 Å². The third kappa shape index (κ3) is 3.89. The average Bonchev–Trinajstić information content (AvgIpc) is 2.73. The fraction of sp³-hybridized carbons (Fsp3) is 0.467. The highest BCUT2D eigenvalue weighted by atomic mass is 35.5. The van der Waals surface area contributed by atoms with Crippen LogP contribution in [0.15, 0.2) is 18.2 Å². The highest BCUT2D eigenvalue weighted by molar-refractivity contribution is 6.31. The fourth-order valence-electron chi connectivity index (χ4n) is 2.26. The Morgan fingerprint density at radius 3 is 2.71 bits per heavy atom. The highest BCUT2D eigenvalue weighted by Gasteiger charge is 2.16. The summed E-state index contributed by atoms with van der Waals surface area (Å²) < 4.78 is 1.97. The summed E-state index contributed by atoms with van der Waals surface area (Å²) >= 11 is 12.3. The van der Waals surface area contributed by atoms with Crippen molar-refractivity contribution in [2.24, 2.45) is 0 Å². The van der Waals surface area contributed by atoms with Crippen molar-refractivity contribution in [1.29, 1.82) is 0 Å². The third-order valence-corrected chi connectivity index (χ3v) is 3.54. The first-order valence-electron chi connectivity index (χ1n) is 6.97. The smallest absolute Gasteiger partial charge is 0.221 e. The summed E-state index contributed by atoms with van der Waals surface area (Å²) in [5, 5.41) is 3.29. The number of carbonyl (C=O) groups is 1. The minimum atomic E-state index is -0.232. The number of benzene rings is 1. The zero-order valence-corrected chi connectivity index (χ0v) is 13.9. The van der Waals surface area contributed by atoms with Crippen molar-refractivity contribution >= 4 is 40.1 Å². The van der Waals surface area contributed by atoms with Crippen LogP contribution in [0.3, 0.4) is 0 Å². The van der Waals surface area contributed by atoms with Crippen molar-refractivity contribution in [3.63, 3.8) is 0 Å². The molecule has 0 aliphatic heterocycles.